The van der Waals surface area contributed by atoms with E-state index in [1.165, 1.54) is 0 Å². The largest absolute Gasteiger partial charge is 0.461 e. The van der Waals surface area contributed by atoms with Crippen LogP contribution in [0.1, 0.15) is 124 Å². The molecule has 248 valence electrons. The Morgan fingerprint density at radius 3 is 1.76 bits per heavy atom. The predicted molar refractivity (Wildman–Crippen MR) is 184 cm³/mol. The van der Waals surface area contributed by atoms with Gasteiger partial charge < -0.3 is 14.4 Å². The van der Waals surface area contributed by atoms with E-state index in [9.17, 15) is 9.59 Å². The molecule has 0 aromatic rings. The van der Waals surface area contributed by atoms with Gasteiger partial charge in [-0.1, -0.05) is 109 Å². The molecule has 0 aliphatic carbocycles. The number of esters is 2. The molecular weight excluding hydrogens is 541 g/mol. The molecule has 0 radical (unpaired) electrons. The number of ether oxygens (including phenoxy) is 2. The zero-order chi connectivity index (χ0) is 33.7. The average molecular weight is 612 g/mol. The minimum atomic E-state index is -0.931. The fourth-order valence-electron chi connectivity index (χ4n) is 5.41. The van der Waals surface area contributed by atoms with Crippen LogP contribution in [-0.4, -0.2) is 55.3 Å². The van der Waals surface area contributed by atoms with Crippen molar-refractivity contribution in [1.82, 2.24) is 4.90 Å². The molecule has 0 aliphatic heterocycles. The Kier molecular flexibility index (Phi) is 14.6. The molecule has 0 heterocycles. The van der Waals surface area contributed by atoms with Crippen molar-refractivity contribution < 1.29 is 19.1 Å². The van der Waals surface area contributed by atoms with E-state index in [1.807, 2.05) is 34.0 Å². The van der Waals surface area contributed by atoms with Crippen LogP contribution in [0.25, 0.3) is 0 Å². The topological polar surface area (TPSA) is 55.8 Å². The lowest BCUT2D eigenvalue weighted by molar-refractivity contribution is -0.192. The molecule has 5 nitrogen and oxygen atoms in total. The number of carbonyl (C=O) groups is 2. The van der Waals surface area contributed by atoms with Crippen molar-refractivity contribution in [3.05, 3.63) is 12.2 Å². The van der Waals surface area contributed by atoms with Crippen molar-refractivity contribution in [3.8, 4) is 0 Å². The van der Waals surface area contributed by atoms with Crippen LogP contribution in [0, 0.1) is 44.8 Å². The van der Waals surface area contributed by atoms with E-state index in [4.69, 9.17) is 9.47 Å². The minimum absolute atomic E-state index is 0.0445. The molecule has 0 N–H and O–H groups in total. The highest BCUT2D eigenvalue weighted by Crippen LogP contribution is 2.57. The summed E-state index contributed by atoms with van der Waals surface area (Å²) in [6.45, 7) is 35.8. The van der Waals surface area contributed by atoms with E-state index in [-0.39, 0.29) is 34.5 Å². The van der Waals surface area contributed by atoms with Crippen LogP contribution < -0.4 is 0 Å². The third-order valence-electron chi connectivity index (χ3n) is 11.6. The van der Waals surface area contributed by atoms with Gasteiger partial charge in [-0.25, -0.2) is 0 Å². The van der Waals surface area contributed by atoms with Gasteiger partial charge in [-0.2, -0.15) is 0 Å². The zero-order valence-electron chi connectivity index (χ0n) is 31.0. The van der Waals surface area contributed by atoms with E-state index in [0.29, 0.717) is 24.2 Å². The summed E-state index contributed by atoms with van der Waals surface area (Å²) in [5.74, 6) is 0.774. The molecule has 0 spiro atoms. The number of carbonyl (C=O) groups excluding carboxylic acids is 2. The second-order valence-corrected chi connectivity index (χ2v) is 18.2. The molecule has 0 saturated heterocycles. The minimum Gasteiger partial charge on any atom is -0.461 e. The van der Waals surface area contributed by atoms with Gasteiger partial charge in [0.2, 0.25) is 0 Å². The van der Waals surface area contributed by atoms with Crippen LogP contribution in [0.3, 0.4) is 0 Å². The molecular formula is C36H70NO4P. The lowest BCUT2D eigenvalue weighted by Crippen LogP contribution is -2.61. The normalized spacial score (nSPS) is 17.7. The maximum atomic E-state index is 13.8. The fourth-order valence-corrected chi connectivity index (χ4v) is 5.86. The second-order valence-electron chi connectivity index (χ2n) is 17.0. The molecule has 42 heavy (non-hydrogen) atoms. The lowest BCUT2D eigenvalue weighted by atomic mass is 9.54. The molecule has 0 aromatic carbocycles. The van der Waals surface area contributed by atoms with Crippen LogP contribution in [0.5, 0.6) is 0 Å². The number of hydrogen-bond acceptors (Lipinski definition) is 5. The van der Waals surface area contributed by atoms with E-state index in [0.717, 1.165) is 13.0 Å². The quantitative estimate of drug-likeness (QED) is 0.0990. The Labute approximate surface area is 263 Å². The molecule has 6 heteroatoms. The lowest BCUT2D eigenvalue weighted by Gasteiger charge is -2.57. The van der Waals surface area contributed by atoms with Crippen molar-refractivity contribution >= 4 is 21.2 Å². The highest BCUT2D eigenvalue weighted by molar-refractivity contribution is 7.19. The number of allylic oxidation sites excluding steroid dienone is 1. The van der Waals surface area contributed by atoms with Gasteiger partial charge in [0.15, 0.2) is 0 Å². The van der Waals surface area contributed by atoms with Crippen molar-refractivity contribution in [3.63, 3.8) is 0 Å². The summed E-state index contributed by atoms with van der Waals surface area (Å²) in [6.07, 6.45) is 4.61. The van der Waals surface area contributed by atoms with Crippen LogP contribution in [0.2, 0.25) is 0 Å². The summed E-state index contributed by atoms with van der Waals surface area (Å²) in [4.78, 5) is 29.2. The van der Waals surface area contributed by atoms with Crippen LogP contribution in [0.4, 0.5) is 0 Å². The maximum absolute atomic E-state index is 13.8. The molecule has 0 rings (SSSR count). The molecule has 0 amide bonds. The standard InChI is InChI=1S/C36H70NO4P/c1-25(2)26(3)27(4)36(16,42)34(12,13)29(41-28(38)21-19-23-37(17)18)33(10,11)35(14,15)30(39)40-24-20-22-32(8,9)31(5,6)7/h20,22,25-27,29H,19,21,23-24,42H2,1-18H3/b22-20+. The third-order valence-corrected chi connectivity index (χ3v) is 12.9. The Bertz CT molecular complexity index is 906. The first-order valence-electron chi connectivity index (χ1n) is 16.1. The first-order chi connectivity index (χ1) is 18.6. The van der Waals surface area contributed by atoms with Crippen molar-refractivity contribution in [2.75, 3.05) is 27.2 Å². The van der Waals surface area contributed by atoms with Crippen LogP contribution >= 0.6 is 9.24 Å². The summed E-state index contributed by atoms with van der Waals surface area (Å²) >= 11 is 0. The second kappa shape index (κ2) is 14.9. The van der Waals surface area contributed by atoms with Gasteiger partial charge in [0.1, 0.15) is 12.7 Å². The van der Waals surface area contributed by atoms with Gasteiger partial charge in [0.25, 0.3) is 0 Å². The van der Waals surface area contributed by atoms with E-state index in [2.05, 4.69) is 117 Å². The van der Waals surface area contributed by atoms with Gasteiger partial charge in [-0.3, -0.25) is 9.59 Å². The highest BCUT2D eigenvalue weighted by Gasteiger charge is 2.60. The van der Waals surface area contributed by atoms with Gasteiger partial charge in [0, 0.05) is 17.3 Å². The third kappa shape index (κ3) is 9.79. The van der Waals surface area contributed by atoms with Crippen molar-refractivity contribution in [2.24, 2.45) is 44.8 Å². The van der Waals surface area contributed by atoms with Gasteiger partial charge in [-0.05, 0) is 74.6 Å². The summed E-state index contributed by atoms with van der Waals surface area (Å²) in [7, 11) is 7.13. The molecule has 0 aliphatic rings. The Hall–Kier alpha value is -0.930. The first kappa shape index (κ1) is 41.1. The summed E-state index contributed by atoms with van der Waals surface area (Å²) in [5.41, 5.74) is -2.12. The molecule has 5 atom stereocenters. The van der Waals surface area contributed by atoms with Gasteiger partial charge >= 0.3 is 11.9 Å². The highest BCUT2D eigenvalue weighted by atomic mass is 31.0. The monoisotopic (exact) mass is 612 g/mol. The van der Waals surface area contributed by atoms with Gasteiger partial charge in [-0.15, -0.1) is 9.24 Å². The summed E-state index contributed by atoms with van der Waals surface area (Å²) < 4.78 is 12.4. The number of nitrogens with zero attached hydrogens (tertiary/aromatic N) is 1. The molecule has 0 bridgehead atoms. The van der Waals surface area contributed by atoms with Crippen LogP contribution in [0.15, 0.2) is 12.2 Å². The zero-order valence-corrected chi connectivity index (χ0v) is 32.1. The van der Waals surface area contributed by atoms with Crippen molar-refractivity contribution in [2.45, 2.75) is 135 Å². The number of hydrogen-bond donors (Lipinski definition) is 0. The predicted octanol–water partition coefficient (Wildman–Crippen LogP) is 9.05. The molecule has 5 unspecified atom stereocenters. The smallest absolute Gasteiger partial charge is 0.312 e. The average Bonchev–Trinajstić information content (AvgIpc) is 2.82. The molecule has 0 saturated carbocycles. The summed E-state index contributed by atoms with van der Waals surface area (Å²) in [5, 5.41) is -0.288. The van der Waals surface area contributed by atoms with Crippen LogP contribution in [-0.2, 0) is 19.1 Å². The van der Waals surface area contributed by atoms with Gasteiger partial charge in [0.05, 0.1) is 5.41 Å². The Morgan fingerprint density at radius 1 is 0.833 bits per heavy atom. The van der Waals surface area contributed by atoms with E-state index >= 15 is 0 Å². The first-order valence-corrected chi connectivity index (χ1v) is 16.6. The van der Waals surface area contributed by atoms with E-state index < -0.39 is 22.3 Å². The van der Waals surface area contributed by atoms with E-state index in [1.54, 1.807) is 0 Å². The SMILES string of the molecule is CC(C)C(C)C(C)C(C)(P)C(C)(C)C(OC(=O)CCCN(C)C)C(C)(C)C(C)(C)C(=O)OC/C=C/C(C)(C)C(C)(C)C. The Morgan fingerprint density at radius 2 is 1.33 bits per heavy atom. The maximum Gasteiger partial charge on any atom is 0.312 e. The number of rotatable bonds is 16. The fraction of sp³-hybridized carbons (Fsp3) is 0.889. The van der Waals surface area contributed by atoms with Crippen molar-refractivity contribution in [1.29, 1.82) is 0 Å². The molecule has 0 fully saturated rings. The summed E-state index contributed by atoms with van der Waals surface area (Å²) in [6, 6.07) is 0. The molecule has 0 aromatic heterocycles. The Balaban J connectivity index is 6.46.